The maximum atomic E-state index is 13.0. The summed E-state index contributed by atoms with van der Waals surface area (Å²) in [6.45, 7) is 2.64. The predicted octanol–water partition coefficient (Wildman–Crippen LogP) is 3.21. The van der Waals surface area contributed by atoms with Crippen LogP contribution in [-0.4, -0.2) is 48.5 Å². The van der Waals surface area contributed by atoms with Crippen molar-refractivity contribution < 1.29 is 19.4 Å². The van der Waals surface area contributed by atoms with Gasteiger partial charge in [0.25, 0.3) is 5.91 Å². The largest absolute Gasteiger partial charge is 0.507 e. The molecule has 0 spiro atoms. The monoisotopic (exact) mass is 367 g/mol. The standard InChI is InChI=1S/C22H25NO4/c24-20-7-6-17(14-16-4-2-1-3-5-16)15-19(20)21(25)23-10-8-18(9-11-23)22-26-12-13-27-22/h1-7,15,18,22,24H,8-14H2. The summed E-state index contributed by atoms with van der Waals surface area (Å²) in [5.74, 6) is 0.282. The number of phenolic OH excluding ortho intramolecular Hbond substituents is 1. The number of carbonyl (C=O) groups is 1. The summed E-state index contributed by atoms with van der Waals surface area (Å²) in [7, 11) is 0. The summed E-state index contributed by atoms with van der Waals surface area (Å²) in [6.07, 6.45) is 2.34. The Bertz CT molecular complexity index is 778. The highest BCUT2D eigenvalue weighted by molar-refractivity contribution is 5.97. The minimum absolute atomic E-state index is 0.0430. The number of likely N-dealkylation sites (tertiary alicyclic amines) is 1. The van der Waals surface area contributed by atoms with E-state index in [-0.39, 0.29) is 17.9 Å². The Morgan fingerprint density at radius 2 is 1.70 bits per heavy atom. The van der Waals surface area contributed by atoms with Crippen LogP contribution in [0.5, 0.6) is 5.75 Å². The summed E-state index contributed by atoms with van der Waals surface area (Å²) >= 11 is 0. The van der Waals surface area contributed by atoms with E-state index in [0.29, 0.717) is 37.8 Å². The van der Waals surface area contributed by atoms with Gasteiger partial charge in [-0.1, -0.05) is 36.4 Å². The molecule has 2 aliphatic heterocycles. The van der Waals surface area contributed by atoms with Gasteiger partial charge in [0.05, 0.1) is 18.8 Å². The van der Waals surface area contributed by atoms with E-state index in [1.165, 1.54) is 5.56 Å². The normalized spacial score (nSPS) is 18.7. The Morgan fingerprint density at radius 1 is 1.00 bits per heavy atom. The number of nitrogens with zero attached hydrogens (tertiary/aromatic N) is 1. The van der Waals surface area contributed by atoms with Gasteiger partial charge in [-0.05, 0) is 42.5 Å². The molecule has 4 rings (SSSR count). The molecule has 1 N–H and O–H groups in total. The van der Waals surface area contributed by atoms with Gasteiger partial charge in [-0.15, -0.1) is 0 Å². The summed E-state index contributed by atoms with van der Waals surface area (Å²) in [5.41, 5.74) is 2.58. The Hall–Kier alpha value is -2.37. The van der Waals surface area contributed by atoms with E-state index in [4.69, 9.17) is 9.47 Å². The SMILES string of the molecule is O=C(c1cc(Cc2ccccc2)ccc1O)N1CCC(C2OCCO2)CC1. The van der Waals surface area contributed by atoms with Gasteiger partial charge in [-0.3, -0.25) is 4.79 Å². The molecular weight excluding hydrogens is 342 g/mol. The van der Waals surface area contributed by atoms with Gasteiger partial charge in [0.15, 0.2) is 6.29 Å². The van der Waals surface area contributed by atoms with Gasteiger partial charge >= 0.3 is 0 Å². The minimum atomic E-state index is -0.121. The number of aromatic hydroxyl groups is 1. The van der Waals surface area contributed by atoms with E-state index in [9.17, 15) is 9.90 Å². The van der Waals surface area contributed by atoms with Crippen molar-refractivity contribution in [2.24, 2.45) is 5.92 Å². The minimum Gasteiger partial charge on any atom is -0.507 e. The lowest BCUT2D eigenvalue weighted by atomic mass is 9.95. The number of rotatable bonds is 4. The zero-order valence-electron chi connectivity index (χ0n) is 15.3. The first-order chi connectivity index (χ1) is 13.2. The van der Waals surface area contributed by atoms with Gasteiger partial charge in [-0.2, -0.15) is 0 Å². The van der Waals surface area contributed by atoms with Crippen molar-refractivity contribution in [3.05, 3.63) is 65.2 Å². The Balaban J connectivity index is 1.43. The van der Waals surface area contributed by atoms with E-state index in [0.717, 1.165) is 24.8 Å². The van der Waals surface area contributed by atoms with E-state index >= 15 is 0 Å². The second kappa shape index (κ2) is 8.11. The topological polar surface area (TPSA) is 59.0 Å². The van der Waals surface area contributed by atoms with E-state index in [1.54, 1.807) is 6.07 Å². The number of amides is 1. The lowest BCUT2D eigenvalue weighted by molar-refractivity contribution is -0.0956. The molecule has 1 amide bonds. The third-order valence-electron chi connectivity index (χ3n) is 5.40. The number of ether oxygens (including phenoxy) is 2. The Kier molecular flexibility index (Phi) is 5.41. The maximum absolute atomic E-state index is 13.0. The van der Waals surface area contributed by atoms with Crippen molar-refractivity contribution in [2.45, 2.75) is 25.6 Å². The summed E-state index contributed by atoms with van der Waals surface area (Å²) in [5, 5.41) is 10.2. The quantitative estimate of drug-likeness (QED) is 0.902. The first-order valence-corrected chi connectivity index (χ1v) is 9.59. The summed E-state index contributed by atoms with van der Waals surface area (Å²) in [6, 6.07) is 15.4. The van der Waals surface area contributed by atoms with Crippen LogP contribution in [0.15, 0.2) is 48.5 Å². The van der Waals surface area contributed by atoms with Crippen molar-refractivity contribution >= 4 is 5.91 Å². The molecule has 5 heteroatoms. The van der Waals surface area contributed by atoms with Crippen molar-refractivity contribution in [1.29, 1.82) is 0 Å². The molecule has 2 fully saturated rings. The molecule has 0 saturated carbocycles. The molecule has 0 aliphatic carbocycles. The molecule has 2 aromatic carbocycles. The number of piperidine rings is 1. The second-order valence-corrected chi connectivity index (χ2v) is 7.25. The van der Waals surface area contributed by atoms with Crippen LogP contribution < -0.4 is 0 Å². The second-order valence-electron chi connectivity index (χ2n) is 7.25. The van der Waals surface area contributed by atoms with Crippen molar-refractivity contribution in [1.82, 2.24) is 4.90 Å². The fraction of sp³-hybridized carbons (Fsp3) is 0.409. The first kappa shape index (κ1) is 18.0. The maximum Gasteiger partial charge on any atom is 0.257 e. The van der Waals surface area contributed by atoms with E-state index in [1.807, 2.05) is 35.2 Å². The molecule has 27 heavy (non-hydrogen) atoms. The van der Waals surface area contributed by atoms with Crippen LogP contribution in [-0.2, 0) is 15.9 Å². The van der Waals surface area contributed by atoms with Crippen LogP contribution in [0.3, 0.4) is 0 Å². The van der Waals surface area contributed by atoms with Gasteiger partial charge in [0.1, 0.15) is 5.75 Å². The van der Waals surface area contributed by atoms with Gasteiger partial charge in [-0.25, -0.2) is 0 Å². The Labute approximate surface area is 159 Å². The molecule has 2 heterocycles. The molecule has 0 radical (unpaired) electrons. The molecule has 2 aromatic rings. The van der Waals surface area contributed by atoms with Crippen LogP contribution >= 0.6 is 0 Å². The average Bonchev–Trinajstić information content (AvgIpc) is 3.25. The van der Waals surface area contributed by atoms with Gasteiger partial charge < -0.3 is 19.5 Å². The third kappa shape index (κ3) is 4.15. The van der Waals surface area contributed by atoms with Gasteiger partial charge in [0, 0.05) is 19.0 Å². The summed E-state index contributed by atoms with van der Waals surface area (Å²) < 4.78 is 11.2. The lowest BCUT2D eigenvalue weighted by Crippen LogP contribution is -2.41. The average molecular weight is 367 g/mol. The highest BCUT2D eigenvalue weighted by Gasteiger charge is 2.32. The highest BCUT2D eigenvalue weighted by Crippen LogP contribution is 2.28. The number of phenols is 1. The number of hydrogen-bond acceptors (Lipinski definition) is 4. The molecule has 2 aliphatic rings. The van der Waals surface area contributed by atoms with Crippen LogP contribution in [0.1, 0.15) is 34.3 Å². The fourth-order valence-corrected chi connectivity index (χ4v) is 3.89. The number of carbonyl (C=O) groups excluding carboxylic acids is 1. The molecule has 0 bridgehead atoms. The van der Waals surface area contributed by atoms with Crippen molar-refractivity contribution in [2.75, 3.05) is 26.3 Å². The van der Waals surface area contributed by atoms with Crippen molar-refractivity contribution in [3.63, 3.8) is 0 Å². The predicted molar refractivity (Wildman–Crippen MR) is 102 cm³/mol. The van der Waals surface area contributed by atoms with Crippen LogP contribution in [0.2, 0.25) is 0 Å². The zero-order valence-corrected chi connectivity index (χ0v) is 15.3. The Morgan fingerprint density at radius 3 is 2.41 bits per heavy atom. The fourth-order valence-electron chi connectivity index (χ4n) is 3.89. The number of hydrogen-bond donors (Lipinski definition) is 1. The zero-order chi connectivity index (χ0) is 18.6. The van der Waals surface area contributed by atoms with Crippen LogP contribution in [0.25, 0.3) is 0 Å². The summed E-state index contributed by atoms with van der Waals surface area (Å²) in [4.78, 5) is 14.8. The number of benzene rings is 2. The molecule has 0 atom stereocenters. The molecule has 142 valence electrons. The van der Waals surface area contributed by atoms with Crippen molar-refractivity contribution in [3.8, 4) is 5.75 Å². The third-order valence-corrected chi connectivity index (χ3v) is 5.40. The van der Waals surface area contributed by atoms with Gasteiger partial charge in [0.2, 0.25) is 0 Å². The van der Waals surface area contributed by atoms with E-state index in [2.05, 4.69) is 12.1 Å². The molecule has 2 saturated heterocycles. The van der Waals surface area contributed by atoms with Crippen LogP contribution in [0.4, 0.5) is 0 Å². The molecular formula is C22H25NO4. The van der Waals surface area contributed by atoms with E-state index < -0.39 is 0 Å². The van der Waals surface area contributed by atoms with Crippen LogP contribution in [0, 0.1) is 5.92 Å². The molecule has 5 nitrogen and oxygen atoms in total. The molecule has 0 aromatic heterocycles. The molecule has 0 unspecified atom stereocenters. The smallest absolute Gasteiger partial charge is 0.257 e. The first-order valence-electron chi connectivity index (χ1n) is 9.59. The lowest BCUT2D eigenvalue weighted by Gasteiger charge is -2.34. The highest BCUT2D eigenvalue weighted by atomic mass is 16.7.